The molecule has 3 atom stereocenters. The molecule has 2 aliphatic rings. The molecule has 14 heteroatoms. The van der Waals surface area contributed by atoms with Crippen LogP contribution in [-0.4, -0.2) is 60.8 Å². The lowest BCUT2D eigenvalue weighted by Crippen LogP contribution is -2.71. The number of nitrogen functional groups attached to an aromatic ring is 1. The molecule has 3 amide bonds. The Hall–Kier alpha value is -3.91. The van der Waals surface area contributed by atoms with Gasteiger partial charge in [0.05, 0.1) is 11.9 Å². The number of amides is 3. The predicted molar refractivity (Wildman–Crippen MR) is 126 cm³/mol. The van der Waals surface area contributed by atoms with Gasteiger partial charge in [-0.2, -0.15) is 0 Å². The minimum absolute atomic E-state index is 0.0677. The average molecular weight is 515 g/mol. The van der Waals surface area contributed by atoms with Crippen LogP contribution in [0.15, 0.2) is 53.4 Å². The summed E-state index contributed by atoms with van der Waals surface area (Å²) in [4.78, 5) is 54.3. The first kappa shape index (κ1) is 22.9. The molecule has 5 N–H and O–H groups in total. The van der Waals surface area contributed by atoms with E-state index in [1.54, 1.807) is 5.38 Å². The van der Waals surface area contributed by atoms with Gasteiger partial charge in [-0.25, -0.2) is 18.7 Å². The fraction of sp³-hybridized carbons (Fsp3) is 0.238. The quantitative estimate of drug-likeness (QED) is 0.177. The number of hydrogen-bond donors (Lipinski definition) is 4. The number of hydrogen-bond acceptors (Lipinski definition) is 8. The zero-order valence-corrected chi connectivity index (χ0v) is 19.7. The van der Waals surface area contributed by atoms with E-state index in [-0.39, 0.29) is 16.5 Å². The maximum Gasteiger partial charge on any atom is 0.352 e. The highest BCUT2D eigenvalue weighted by atomic mass is 32.2. The van der Waals surface area contributed by atoms with Crippen LogP contribution in [0.3, 0.4) is 0 Å². The topological polar surface area (TPSA) is 163 Å². The number of rotatable bonds is 8. The van der Waals surface area contributed by atoms with Crippen molar-refractivity contribution in [2.24, 2.45) is 0 Å². The van der Waals surface area contributed by atoms with Crippen LogP contribution in [0.4, 0.5) is 5.13 Å². The molecule has 0 spiro atoms. The molecule has 35 heavy (non-hydrogen) atoms. The van der Waals surface area contributed by atoms with Gasteiger partial charge in [-0.3, -0.25) is 19.3 Å². The number of carbonyl (C=O) groups excluding carboxylic acids is 3. The Morgan fingerprint density at radius 2 is 2.20 bits per heavy atom. The van der Waals surface area contributed by atoms with Gasteiger partial charge >= 0.3 is 5.97 Å². The molecule has 3 aromatic rings. The number of carboxylic acids is 1. The van der Waals surface area contributed by atoms with Crippen molar-refractivity contribution >= 4 is 58.1 Å². The zero-order valence-electron chi connectivity index (χ0n) is 18.0. The fourth-order valence-corrected chi connectivity index (χ4v) is 6.15. The summed E-state index contributed by atoms with van der Waals surface area (Å²) in [6.07, 6.45) is 5.98. The average Bonchev–Trinajstić information content (AvgIpc) is 3.46. The van der Waals surface area contributed by atoms with E-state index in [0.717, 1.165) is 17.0 Å². The van der Waals surface area contributed by atoms with Crippen LogP contribution in [0.2, 0.25) is 0 Å². The van der Waals surface area contributed by atoms with Crippen LogP contribution < -0.4 is 20.9 Å². The first-order valence-corrected chi connectivity index (χ1v) is 12.4. The first-order chi connectivity index (χ1) is 16.9. The van der Waals surface area contributed by atoms with Crippen molar-refractivity contribution in [2.75, 3.05) is 11.5 Å². The maximum atomic E-state index is 13.0. The van der Waals surface area contributed by atoms with Gasteiger partial charge in [0.2, 0.25) is 12.3 Å². The number of anilines is 1. The molecule has 5 rings (SSSR count). The third-order valence-electron chi connectivity index (χ3n) is 5.81. The number of imidazole rings is 1. The number of nitrogens with zero attached hydrogens (tertiary/aromatic N) is 4. The molecular formula is C21H20N7O5S2+. The Morgan fingerprint density at radius 3 is 2.91 bits per heavy atom. The number of nitrogens with one attached hydrogen (secondary N) is 2. The Morgan fingerprint density at radius 1 is 1.37 bits per heavy atom. The van der Waals surface area contributed by atoms with Crippen LogP contribution in [0.5, 0.6) is 0 Å². The van der Waals surface area contributed by atoms with Crippen LogP contribution in [0.25, 0.3) is 5.65 Å². The molecule has 5 heterocycles. The molecule has 0 aromatic carbocycles. The van der Waals surface area contributed by atoms with Gasteiger partial charge in [0, 0.05) is 22.8 Å². The minimum Gasteiger partial charge on any atom is -0.477 e. The Labute approximate surface area is 206 Å². The molecule has 1 saturated heterocycles. The molecule has 1 fully saturated rings. The van der Waals surface area contributed by atoms with E-state index < -0.39 is 35.2 Å². The van der Waals surface area contributed by atoms with E-state index in [9.17, 15) is 24.3 Å². The van der Waals surface area contributed by atoms with E-state index in [2.05, 4.69) is 15.6 Å². The lowest BCUT2D eigenvalue weighted by atomic mass is 10.0. The van der Waals surface area contributed by atoms with Crippen LogP contribution in [0, 0.1) is 0 Å². The standard InChI is InChI=1S/C21H19N7O5S2/c22-21-24-12(9-35-21)14(23-10-29)17(30)25-15-18(31)28-16(20(32)33)11(8-34-19(15)28)7-27-6-5-26-4-2-1-3-13(26)27/h1-6,9-10,14-15,19H,7-8H2,(H4-,22,23,24,25,29,30,32,33)/p+1/t14?,15-,19+/m1/s1. The molecule has 0 aliphatic carbocycles. The Kier molecular flexibility index (Phi) is 5.90. The number of pyridine rings is 1. The van der Waals surface area contributed by atoms with Gasteiger partial charge in [-0.05, 0) is 6.07 Å². The van der Waals surface area contributed by atoms with Crippen molar-refractivity contribution in [1.29, 1.82) is 0 Å². The van der Waals surface area contributed by atoms with Crippen LogP contribution in [-0.2, 0) is 25.7 Å². The molecule has 0 radical (unpaired) electrons. The number of nitrogens with two attached hydrogens (primary N) is 1. The zero-order chi connectivity index (χ0) is 24.7. The van der Waals surface area contributed by atoms with Crippen LogP contribution in [0.1, 0.15) is 11.7 Å². The molecule has 180 valence electrons. The van der Waals surface area contributed by atoms with E-state index in [0.29, 0.717) is 24.3 Å². The summed E-state index contributed by atoms with van der Waals surface area (Å²) in [7, 11) is 0. The number of aromatic nitrogens is 3. The molecule has 3 aromatic heterocycles. The normalized spacial score (nSPS) is 20.2. The summed E-state index contributed by atoms with van der Waals surface area (Å²) in [6, 6.07) is 3.65. The van der Waals surface area contributed by atoms with E-state index >= 15 is 0 Å². The highest BCUT2D eigenvalue weighted by Crippen LogP contribution is 2.40. The fourth-order valence-electron chi connectivity index (χ4n) is 4.22. The van der Waals surface area contributed by atoms with Crippen molar-refractivity contribution in [3.05, 3.63) is 59.1 Å². The first-order valence-electron chi connectivity index (χ1n) is 10.4. The third kappa shape index (κ3) is 4.00. The predicted octanol–water partition coefficient (Wildman–Crippen LogP) is -0.509. The summed E-state index contributed by atoms with van der Waals surface area (Å²) >= 11 is 2.49. The van der Waals surface area contributed by atoms with Gasteiger partial charge in [0.25, 0.3) is 11.6 Å². The van der Waals surface area contributed by atoms with Crippen molar-refractivity contribution in [3.8, 4) is 0 Å². The molecule has 1 unspecified atom stereocenters. The second kappa shape index (κ2) is 9.03. The number of fused-ring (bicyclic) bond motifs is 2. The van der Waals surface area contributed by atoms with Crippen molar-refractivity contribution < 1.29 is 28.9 Å². The minimum atomic E-state index is -1.20. The summed E-state index contributed by atoms with van der Waals surface area (Å²) in [5.74, 6) is -1.99. The largest absolute Gasteiger partial charge is 0.477 e. The second-order valence-corrected chi connectivity index (χ2v) is 9.87. The van der Waals surface area contributed by atoms with E-state index in [4.69, 9.17) is 5.73 Å². The summed E-state index contributed by atoms with van der Waals surface area (Å²) in [5, 5.41) is 16.1. The summed E-state index contributed by atoms with van der Waals surface area (Å²) < 4.78 is 3.83. The molecular weight excluding hydrogens is 494 g/mol. The Bertz CT molecular complexity index is 1380. The van der Waals surface area contributed by atoms with Crippen molar-refractivity contribution in [1.82, 2.24) is 24.9 Å². The third-order valence-corrected chi connectivity index (χ3v) is 7.84. The number of β-lactam (4-membered cyclic amide) rings is 1. The van der Waals surface area contributed by atoms with E-state index in [1.165, 1.54) is 16.7 Å². The van der Waals surface area contributed by atoms with Gasteiger partial charge in [-0.1, -0.05) is 6.07 Å². The summed E-state index contributed by atoms with van der Waals surface area (Å²) in [5.41, 5.74) is 7.29. The van der Waals surface area contributed by atoms with Gasteiger partial charge < -0.3 is 21.5 Å². The molecule has 2 aliphatic heterocycles. The molecule has 0 saturated carbocycles. The number of carbonyl (C=O) groups is 4. The smallest absolute Gasteiger partial charge is 0.352 e. The van der Waals surface area contributed by atoms with Gasteiger partial charge in [0.15, 0.2) is 11.2 Å². The molecule has 12 nitrogen and oxygen atoms in total. The highest BCUT2D eigenvalue weighted by molar-refractivity contribution is 8.00. The highest BCUT2D eigenvalue weighted by Gasteiger charge is 2.54. The lowest BCUT2D eigenvalue weighted by Gasteiger charge is -2.49. The van der Waals surface area contributed by atoms with Gasteiger partial charge in [0.1, 0.15) is 36.1 Å². The number of thioether (sulfide) groups is 1. The summed E-state index contributed by atoms with van der Waals surface area (Å²) in [6.45, 7) is 0.305. The second-order valence-electron chi connectivity index (χ2n) is 7.87. The van der Waals surface area contributed by atoms with Crippen LogP contribution >= 0.6 is 23.1 Å². The van der Waals surface area contributed by atoms with E-state index in [1.807, 2.05) is 45.8 Å². The maximum absolute atomic E-state index is 13.0. The number of thiazole rings is 1. The SMILES string of the molecule is Nc1nc(C(NC=O)C(=O)N[C@@H]2C(=O)N3C(C(=O)O)=C(C[n+]4ccn5ccccc54)CS[C@@H]23)cs1. The van der Waals surface area contributed by atoms with Gasteiger partial charge in [-0.15, -0.1) is 23.1 Å². The lowest BCUT2D eigenvalue weighted by molar-refractivity contribution is -0.662. The Balaban J connectivity index is 1.36. The van der Waals surface area contributed by atoms with Crippen molar-refractivity contribution in [3.63, 3.8) is 0 Å². The number of carboxylic acid groups (broad SMARTS) is 1. The van der Waals surface area contributed by atoms with Crippen molar-refractivity contribution in [2.45, 2.75) is 24.0 Å². The molecule has 0 bridgehead atoms. The monoisotopic (exact) mass is 514 g/mol. The number of aliphatic carboxylic acids is 1.